The smallest absolute Gasteiger partial charge is 0.436 e. The topological polar surface area (TPSA) is 133 Å². The van der Waals surface area contributed by atoms with Crippen molar-refractivity contribution in [1.82, 2.24) is 15.0 Å². The van der Waals surface area contributed by atoms with Gasteiger partial charge in [0.2, 0.25) is 0 Å². The van der Waals surface area contributed by atoms with Gasteiger partial charge in [0.15, 0.2) is 11.6 Å². The van der Waals surface area contributed by atoms with Gasteiger partial charge in [-0.3, -0.25) is 9.05 Å². The summed E-state index contributed by atoms with van der Waals surface area (Å²) in [6.45, 7) is -0.320. The number of hydrogen-bond acceptors (Lipinski definition) is 9. The molecule has 14 heteroatoms. The molecule has 0 fully saturated rings. The van der Waals surface area contributed by atoms with Crippen molar-refractivity contribution in [1.29, 1.82) is 0 Å². The number of pyridine rings is 1. The Balaban J connectivity index is 1.42. The molecule has 10 nitrogen and oxygen atoms in total. The number of rotatable bonds is 9. The highest BCUT2D eigenvalue weighted by molar-refractivity contribution is 7.47. The minimum atomic E-state index is -4.19. The third-order valence-electron chi connectivity index (χ3n) is 4.97. The average Bonchev–Trinajstić information content (AvgIpc) is 3.28. The van der Waals surface area contributed by atoms with E-state index in [1.807, 2.05) is 0 Å². The number of aromatic nitrogens is 2. The third kappa shape index (κ3) is 6.20. The first-order valence-corrected chi connectivity index (χ1v) is 11.8. The predicted octanol–water partition coefficient (Wildman–Crippen LogP) is 4.09. The zero-order chi connectivity index (χ0) is 25.9. The number of nitrogens with two attached hydrogens (primary N) is 1. The number of allylic oxidation sites excluding steroid dienone is 2. The predicted molar refractivity (Wildman–Crippen MR) is 120 cm³/mol. The first-order chi connectivity index (χ1) is 17.1. The molecule has 0 saturated carbocycles. The summed E-state index contributed by atoms with van der Waals surface area (Å²) in [5, 5.41) is 3.97. The molecular weight excluding hydrogens is 504 g/mol. The summed E-state index contributed by atoms with van der Waals surface area (Å²) in [4.78, 5) is 14.7. The van der Waals surface area contributed by atoms with Crippen LogP contribution in [-0.2, 0) is 20.0 Å². The second-order valence-electron chi connectivity index (χ2n) is 7.53. The lowest BCUT2D eigenvalue weighted by atomic mass is 10.1. The molecule has 4 rings (SSSR count). The van der Waals surface area contributed by atoms with Crippen LogP contribution < -0.4 is 10.5 Å². The normalized spacial score (nSPS) is 17.1. The third-order valence-corrected chi connectivity index (χ3v) is 5.88. The number of phosphoric acid groups is 1. The average molecular weight is 524 g/mol. The summed E-state index contributed by atoms with van der Waals surface area (Å²) in [6, 6.07) is 5.24. The van der Waals surface area contributed by atoms with Crippen LogP contribution in [0.3, 0.4) is 0 Å². The SMILES string of the molecule is COP(=O)(O)OCN1C=CC=C(c2cc(Cc3cnc(Oc4cc(F)cc(F)c4)c(F)c3)no2)C1N. The van der Waals surface area contributed by atoms with Gasteiger partial charge in [-0.25, -0.2) is 22.7 Å². The highest BCUT2D eigenvalue weighted by Crippen LogP contribution is 2.42. The van der Waals surface area contributed by atoms with E-state index in [1.165, 1.54) is 11.1 Å². The van der Waals surface area contributed by atoms with E-state index < -0.39 is 37.3 Å². The second kappa shape index (κ2) is 10.6. The van der Waals surface area contributed by atoms with E-state index in [4.69, 9.17) is 19.5 Å². The number of halogens is 3. The molecule has 1 aliphatic rings. The minimum absolute atomic E-state index is 0.148. The highest BCUT2D eigenvalue weighted by Gasteiger charge is 2.26. The first kappa shape index (κ1) is 25.6. The number of ether oxygens (including phenoxy) is 1. The van der Waals surface area contributed by atoms with Gasteiger partial charge in [-0.1, -0.05) is 11.2 Å². The Morgan fingerprint density at radius 3 is 2.64 bits per heavy atom. The minimum Gasteiger partial charge on any atom is -0.436 e. The van der Waals surface area contributed by atoms with Gasteiger partial charge in [0.1, 0.15) is 30.3 Å². The molecule has 0 amide bonds. The summed E-state index contributed by atoms with van der Waals surface area (Å²) in [5.74, 6) is -2.93. The Morgan fingerprint density at radius 1 is 1.19 bits per heavy atom. The van der Waals surface area contributed by atoms with E-state index in [1.54, 1.807) is 24.4 Å². The molecule has 2 aromatic heterocycles. The van der Waals surface area contributed by atoms with Crippen LogP contribution in [0.4, 0.5) is 13.2 Å². The van der Waals surface area contributed by atoms with Gasteiger partial charge in [0.25, 0.3) is 5.88 Å². The maximum Gasteiger partial charge on any atom is 0.473 e. The summed E-state index contributed by atoms with van der Waals surface area (Å²) >= 11 is 0. The van der Waals surface area contributed by atoms with Crippen molar-refractivity contribution < 1.29 is 40.9 Å². The molecule has 190 valence electrons. The molecule has 1 aromatic carbocycles. The lowest BCUT2D eigenvalue weighted by molar-refractivity contribution is 0.100. The fourth-order valence-electron chi connectivity index (χ4n) is 3.25. The van der Waals surface area contributed by atoms with E-state index in [2.05, 4.69) is 14.7 Å². The summed E-state index contributed by atoms with van der Waals surface area (Å²) in [7, 11) is -3.15. The number of hydrogen-bond donors (Lipinski definition) is 2. The maximum atomic E-state index is 14.5. The van der Waals surface area contributed by atoms with E-state index >= 15 is 0 Å². The van der Waals surface area contributed by atoms with E-state index in [-0.39, 0.29) is 18.9 Å². The molecule has 3 heterocycles. The van der Waals surface area contributed by atoms with Crippen molar-refractivity contribution in [3.63, 3.8) is 0 Å². The molecule has 3 N–H and O–H groups in total. The molecule has 36 heavy (non-hydrogen) atoms. The van der Waals surface area contributed by atoms with Crippen molar-refractivity contribution >= 4 is 13.4 Å². The van der Waals surface area contributed by atoms with Gasteiger partial charge < -0.3 is 24.8 Å². The lowest BCUT2D eigenvalue weighted by Gasteiger charge is -2.30. The van der Waals surface area contributed by atoms with E-state index in [0.717, 1.165) is 25.3 Å². The van der Waals surface area contributed by atoms with Crippen LogP contribution in [0.5, 0.6) is 11.6 Å². The molecule has 0 saturated heterocycles. The van der Waals surface area contributed by atoms with Gasteiger partial charge >= 0.3 is 7.82 Å². The first-order valence-electron chi connectivity index (χ1n) is 10.3. The van der Waals surface area contributed by atoms with Crippen molar-refractivity contribution in [2.24, 2.45) is 5.73 Å². The van der Waals surface area contributed by atoms with Gasteiger partial charge in [0.05, 0.1) is 5.69 Å². The summed E-state index contributed by atoms with van der Waals surface area (Å²) in [6.07, 6.45) is 5.59. The fourth-order valence-corrected chi connectivity index (χ4v) is 3.63. The van der Waals surface area contributed by atoms with Crippen molar-refractivity contribution in [2.45, 2.75) is 12.6 Å². The largest absolute Gasteiger partial charge is 0.473 e. The van der Waals surface area contributed by atoms with Crippen LogP contribution >= 0.6 is 7.82 Å². The molecule has 2 atom stereocenters. The summed E-state index contributed by atoms with van der Waals surface area (Å²) in [5.41, 5.74) is 7.60. The fraction of sp³-hybridized carbons (Fsp3) is 0.182. The van der Waals surface area contributed by atoms with Crippen LogP contribution in [0.15, 0.2) is 59.4 Å². The second-order valence-corrected chi connectivity index (χ2v) is 9.09. The molecule has 3 aromatic rings. The van der Waals surface area contributed by atoms with Gasteiger partial charge in [-0.05, 0) is 17.7 Å². The molecule has 2 unspecified atom stereocenters. The van der Waals surface area contributed by atoms with Gasteiger partial charge in [0, 0.05) is 55.8 Å². The van der Waals surface area contributed by atoms with Crippen LogP contribution in [0.2, 0.25) is 0 Å². The highest BCUT2D eigenvalue weighted by atomic mass is 31.2. The van der Waals surface area contributed by atoms with Crippen molar-refractivity contribution in [2.75, 3.05) is 13.8 Å². The molecule has 0 bridgehead atoms. The van der Waals surface area contributed by atoms with Crippen LogP contribution in [0, 0.1) is 17.5 Å². The van der Waals surface area contributed by atoms with Crippen molar-refractivity contribution in [3.05, 3.63) is 89.3 Å². The zero-order valence-electron chi connectivity index (χ0n) is 18.7. The van der Waals surface area contributed by atoms with Crippen LogP contribution in [0.1, 0.15) is 17.0 Å². The molecule has 0 aliphatic carbocycles. The van der Waals surface area contributed by atoms with Crippen LogP contribution in [0.25, 0.3) is 5.57 Å². The number of benzene rings is 1. The van der Waals surface area contributed by atoms with E-state index in [9.17, 15) is 22.6 Å². The lowest BCUT2D eigenvalue weighted by Crippen LogP contribution is -2.41. The van der Waals surface area contributed by atoms with E-state index in [0.29, 0.717) is 28.7 Å². The Hall–Kier alpha value is -3.48. The molecule has 0 radical (unpaired) electrons. The standard InChI is InChI=1S/C22H20F3N4O6P/c1-32-36(30,31)33-12-29-4-2-3-18(21(29)26)20-10-16(28-35-20)5-13-6-19(25)22(27-11-13)34-17-8-14(23)7-15(24)9-17/h2-4,6-11,21H,5,12,26H2,1H3,(H,30,31). The number of phosphoric ester groups is 1. The maximum absolute atomic E-state index is 14.5. The quantitative estimate of drug-likeness (QED) is 0.395. The number of nitrogens with zero attached hydrogens (tertiary/aromatic N) is 3. The molecule has 0 spiro atoms. The molecular formula is C22H20F3N4O6P. The van der Waals surface area contributed by atoms with Gasteiger partial charge in [-0.15, -0.1) is 0 Å². The van der Waals surface area contributed by atoms with Gasteiger partial charge in [-0.2, -0.15) is 0 Å². The monoisotopic (exact) mass is 524 g/mol. The summed E-state index contributed by atoms with van der Waals surface area (Å²) < 4.78 is 72.4. The van der Waals surface area contributed by atoms with Crippen LogP contribution in [-0.4, -0.2) is 39.9 Å². The Bertz CT molecular complexity index is 1350. The zero-order valence-corrected chi connectivity index (χ0v) is 19.6. The Kier molecular flexibility index (Phi) is 7.57. The Labute approximate surface area is 203 Å². The Morgan fingerprint density at radius 2 is 1.94 bits per heavy atom. The van der Waals surface area contributed by atoms with Crippen molar-refractivity contribution in [3.8, 4) is 11.6 Å². The molecule has 1 aliphatic heterocycles.